The standard InChI is InChI=1S/C26H29BrN4O/c27-25-12-11-23(19-29-25)18-28-24(17-21-7-3-1-4-8-21)26(32)31-15-13-30(14-16-31)20-22-9-5-2-6-10-22/h1-12,19,24,28H,13-18,20H2/t24-/m0/s1. The van der Waals surface area contributed by atoms with Crippen LogP contribution in [-0.4, -0.2) is 52.9 Å². The zero-order chi connectivity index (χ0) is 22.2. The van der Waals surface area contributed by atoms with Crippen LogP contribution in [0.2, 0.25) is 0 Å². The highest BCUT2D eigenvalue weighted by atomic mass is 79.9. The number of amides is 1. The van der Waals surface area contributed by atoms with Crippen LogP contribution >= 0.6 is 15.9 Å². The maximum atomic E-state index is 13.5. The molecular formula is C26H29BrN4O. The Morgan fingerprint density at radius 2 is 1.53 bits per heavy atom. The molecule has 1 aromatic heterocycles. The number of nitrogens with zero attached hydrogens (tertiary/aromatic N) is 3. The Labute approximate surface area is 198 Å². The van der Waals surface area contributed by atoms with Gasteiger partial charge < -0.3 is 10.2 Å². The molecule has 166 valence electrons. The minimum absolute atomic E-state index is 0.179. The second kappa shape index (κ2) is 11.4. The Kier molecular flexibility index (Phi) is 8.04. The van der Waals surface area contributed by atoms with Crippen molar-refractivity contribution in [1.82, 2.24) is 20.1 Å². The zero-order valence-electron chi connectivity index (χ0n) is 18.2. The first-order valence-corrected chi connectivity index (χ1v) is 11.9. The second-order valence-corrected chi connectivity index (χ2v) is 9.01. The molecule has 0 aliphatic carbocycles. The van der Waals surface area contributed by atoms with Gasteiger partial charge >= 0.3 is 0 Å². The topological polar surface area (TPSA) is 48.5 Å². The van der Waals surface area contributed by atoms with Gasteiger partial charge in [-0.25, -0.2) is 4.98 Å². The summed E-state index contributed by atoms with van der Waals surface area (Å²) < 4.78 is 0.812. The minimum Gasteiger partial charge on any atom is -0.339 e. The first-order valence-electron chi connectivity index (χ1n) is 11.1. The lowest BCUT2D eigenvalue weighted by Gasteiger charge is -2.36. The number of carbonyl (C=O) groups excluding carboxylic acids is 1. The van der Waals surface area contributed by atoms with Crippen LogP contribution in [-0.2, 0) is 24.3 Å². The molecule has 1 amide bonds. The van der Waals surface area contributed by atoms with Gasteiger partial charge in [-0.3, -0.25) is 9.69 Å². The first-order chi connectivity index (χ1) is 15.7. The summed E-state index contributed by atoms with van der Waals surface area (Å²) in [7, 11) is 0. The van der Waals surface area contributed by atoms with E-state index in [2.05, 4.69) is 67.5 Å². The van der Waals surface area contributed by atoms with Crippen molar-refractivity contribution < 1.29 is 4.79 Å². The van der Waals surface area contributed by atoms with Crippen LogP contribution in [0.4, 0.5) is 0 Å². The van der Waals surface area contributed by atoms with Crippen LogP contribution in [0, 0.1) is 0 Å². The Bertz CT molecular complexity index is 974. The molecular weight excluding hydrogens is 464 g/mol. The number of aromatic nitrogens is 1. The van der Waals surface area contributed by atoms with Crippen LogP contribution in [0.15, 0.2) is 83.6 Å². The fourth-order valence-corrected chi connectivity index (χ4v) is 4.27. The molecule has 0 radical (unpaired) electrons. The van der Waals surface area contributed by atoms with E-state index in [9.17, 15) is 4.79 Å². The van der Waals surface area contributed by atoms with E-state index in [0.29, 0.717) is 13.0 Å². The third-order valence-electron chi connectivity index (χ3n) is 5.85. The van der Waals surface area contributed by atoms with Gasteiger partial charge in [-0.1, -0.05) is 66.7 Å². The van der Waals surface area contributed by atoms with Gasteiger partial charge in [0.05, 0.1) is 6.04 Å². The lowest BCUT2D eigenvalue weighted by molar-refractivity contribution is -0.135. The Hall–Kier alpha value is -2.54. The molecule has 6 heteroatoms. The smallest absolute Gasteiger partial charge is 0.240 e. The summed E-state index contributed by atoms with van der Waals surface area (Å²) >= 11 is 3.37. The molecule has 0 bridgehead atoms. The van der Waals surface area contributed by atoms with Crippen molar-refractivity contribution in [2.45, 2.75) is 25.6 Å². The molecule has 2 heterocycles. The van der Waals surface area contributed by atoms with Crippen LogP contribution in [0.5, 0.6) is 0 Å². The molecule has 1 atom stereocenters. The molecule has 1 N–H and O–H groups in total. The number of hydrogen-bond acceptors (Lipinski definition) is 4. The fourth-order valence-electron chi connectivity index (χ4n) is 4.04. The van der Waals surface area contributed by atoms with Crippen LogP contribution < -0.4 is 5.32 Å². The van der Waals surface area contributed by atoms with Crippen LogP contribution in [0.3, 0.4) is 0 Å². The average molecular weight is 493 g/mol. The van der Waals surface area contributed by atoms with Crippen molar-refractivity contribution in [1.29, 1.82) is 0 Å². The highest BCUT2D eigenvalue weighted by molar-refractivity contribution is 9.10. The molecule has 1 aliphatic heterocycles. The molecule has 32 heavy (non-hydrogen) atoms. The molecule has 2 aromatic carbocycles. The zero-order valence-corrected chi connectivity index (χ0v) is 19.7. The summed E-state index contributed by atoms with van der Waals surface area (Å²) in [5.41, 5.74) is 3.54. The van der Waals surface area contributed by atoms with Crippen LogP contribution in [0.25, 0.3) is 0 Å². The van der Waals surface area contributed by atoms with E-state index in [1.54, 1.807) is 0 Å². The maximum Gasteiger partial charge on any atom is 0.240 e. The van der Waals surface area contributed by atoms with Gasteiger partial charge in [0.1, 0.15) is 4.60 Å². The summed E-state index contributed by atoms with van der Waals surface area (Å²) in [6, 6.07) is 24.4. The van der Waals surface area contributed by atoms with Crippen molar-refractivity contribution in [3.8, 4) is 0 Å². The van der Waals surface area contributed by atoms with Gasteiger partial charge in [-0.2, -0.15) is 0 Å². The molecule has 4 rings (SSSR count). The number of carbonyl (C=O) groups is 1. The highest BCUT2D eigenvalue weighted by Crippen LogP contribution is 2.13. The van der Waals surface area contributed by atoms with E-state index < -0.39 is 0 Å². The Balaban J connectivity index is 1.37. The number of rotatable bonds is 8. The normalized spacial score (nSPS) is 15.5. The van der Waals surface area contributed by atoms with E-state index in [1.165, 1.54) is 5.56 Å². The molecule has 1 aliphatic rings. The fraction of sp³-hybridized carbons (Fsp3) is 0.308. The lowest BCUT2D eigenvalue weighted by atomic mass is 10.0. The van der Waals surface area contributed by atoms with Crippen molar-refractivity contribution in [2.24, 2.45) is 0 Å². The van der Waals surface area contributed by atoms with Crippen molar-refractivity contribution in [2.75, 3.05) is 26.2 Å². The van der Waals surface area contributed by atoms with E-state index in [0.717, 1.165) is 48.5 Å². The van der Waals surface area contributed by atoms with Crippen molar-refractivity contribution in [3.05, 3.63) is 100 Å². The summed E-state index contributed by atoms with van der Waals surface area (Å²) in [5.74, 6) is 0.179. The average Bonchev–Trinajstić information content (AvgIpc) is 2.84. The van der Waals surface area contributed by atoms with Crippen molar-refractivity contribution >= 4 is 21.8 Å². The summed E-state index contributed by atoms with van der Waals surface area (Å²) in [5, 5.41) is 3.49. The number of halogens is 1. The summed E-state index contributed by atoms with van der Waals surface area (Å²) in [4.78, 5) is 22.2. The van der Waals surface area contributed by atoms with Crippen molar-refractivity contribution in [3.63, 3.8) is 0 Å². The third-order valence-corrected chi connectivity index (χ3v) is 6.32. The number of nitrogens with one attached hydrogen (secondary N) is 1. The number of piperazine rings is 1. The lowest BCUT2D eigenvalue weighted by Crippen LogP contribution is -2.54. The minimum atomic E-state index is -0.262. The highest BCUT2D eigenvalue weighted by Gasteiger charge is 2.27. The molecule has 0 saturated carbocycles. The largest absolute Gasteiger partial charge is 0.339 e. The van der Waals surface area contributed by atoms with E-state index >= 15 is 0 Å². The Morgan fingerprint density at radius 3 is 2.16 bits per heavy atom. The van der Waals surface area contributed by atoms with Gasteiger partial charge in [-0.15, -0.1) is 0 Å². The Morgan fingerprint density at radius 1 is 0.875 bits per heavy atom. The molecule has 1 fully saturated rings. The van der Waals surface area contributed by atoms with E-state index in [4.69, 9.17) is 0 Å². The first kappa shape index (κ1) is 22.6. The van der Waals surface area contributed by atoms with Crippen LogP contribution in [0.1, 0.15) is 16.7 Å². The number of pyridine rings is 1. The van der Waals surface area contributed by atoms with Gasteiger partial charge in [0.15, 0.2) is 0 Å². The van der Waals surface area contributed by atoms with Gasteiger partial charge in [0.25, 0.3) is 0 Å². The molecule has 3 aromatic rings. The van der Waals surface area contributed by atoms with E-state index in [-0.39, 0.29) is 11.9 Å². The third kappa shape index (κ3) is 6.48. The monoisotopic (exact) mass is 492 g/mol. The maximum absolute atomic E-state index is 13.5. The number of hydrogen-bond donors (Lipinski definition) is 1. The van der Waals surface area contributed by atoms with E-state index in [1.807, 2.05) is 47.5 Å². The predicted molar refractivity (Wildman–Crippen MR) is 131 cm³/mol. The SMILES string of the molecule is O=C([C@H](Cc1ccccc1)NCc1ccc(Br)nc1)N1CCN(Cc2ccccc2)CC1. The molecule has 0 spiro atoms. The summed E-state index contributed by atoms with van der Waals surface area (Å²) in [6.07, 6.45) is 2.51. The second-order valence-electron chi connectivity index (χ2n) is 8.20. The number of benzene rings is 2. The van der Waals surface area contributed by atoms with Gasteiger partial charge in [-0.05, 0) is 45.1 Å². The van der Waals surface area contributed by atoms with Gasteiger partial charge in [0.2, 0.25) is 5.91 Å². The molecule has 0 unspecified atom stereocenters. The quantitative estimate of drug-likeness (QED) is 0.484. The van der Waals surface area contributed by atoms with Gasteiger partial charge in [0, 0.05) is 45.5 Å². The molecule has 1 saturated heterocycles. The summed E-state index contributed by atoms with van der Waals surface area (Å²) in [6.45, 7) is 4.87. The predicted octanol–water partition coefficient (Wildman–Crippen LogP) is 3.89. The molecule has 5 nitrogen and oxygen atoms in total.